The van der Waals surface area contributed by atoms with E-state index in [1.165, 1.54) is 12.1 Å². The summed E-state index contributed by atoms with van der Waals surface area (Å²) in [6, 6.07) is 13.5. The van der Waals surface area contributed by atoms with Crippen molar-refractivity contribution in [1.29, 1.82) is 0 Å². The second kappa shape index (κ2) is 6.43. The lowest BCUT2D eigenvalue weighted by Crippen LogP contribution is -2.28. The molecule has 19 heavy (non-hydrogen) atoms. The molecule has 0 aliphatic rings. The molecule has 0 aromatic heterocycles. The molecule has 1 nitrogen and oxygen atoms in total. The van der Waals surface area contributed by atoms with Gasteiger partial charge in [-0.1, -0.05) is 36.4 Å². The minimum atomic E-state index is -0.215. The number of halogens is 2. The van der Waals surface area contributed by atoms with E-state index >= 15 is 0 Å². The van der Waals surface area contributed by atoms with Crippen LogP contribution in [0.2, 0.25) is 0 Å². The standard InChI is InChI=1S/C16H17F2N/c1-12(10-13-6-2-4-8-15(13)17)19-11-14-7-3-5-9-16(14)18/h2-9,12,19H,10-11H2,1H3. The van der Waals surface area contributed by atoms with Crippen LogP contribution in [0.1, 0.15) is 18.1 Å². The molecule has 0 saturated carbocycles. The molecule has 2 aromatic rings. The van der Waals surface area contributed by atoms with Crippen LogP contribution in [-0.4, -0.2) is 6.04 Å². The summed E-state index contributed by atoms with van der Waals surface area (Å²) in [5, 5.41) is 3.21. The Morgan fingerprint density at radius 3 is 2.00 bits per heavy atom. The Bertz CT molecular complexity index is 540. The zero-order valence-corrected chi connectivity index (χ0v) is 10.9. The minimum Gasteiger partial charge on any atom is -0.310 e. The maximum Gasteiger partial charge on any atom is 0.127 e. The summed E-state index contributed by atoms with van der Waals surface area (Å²) in [4.78, 5) is 0. The number of hydrogen-bond donors (Lipinski definition) is 1. The average Bonchev–Trinajstić information content (AvgIpc) is 2.40. The van der Waals surface area contributed by atoms with E-state index in [4.69, 9.17) is 0 Å². The van der Waals surface area contributed by atoms with E-state index in [0.29, 0.717) is 24.1 Å². The highest BCUT2D eigenvalue weighted by molar-refractivity contribution is 5.19. The largest absolute Gasteiger partial charge is 0.310 e. The molecule has 0 fully saturated rings. The van der Waals surface area contributed by atoms with E-state index < -0.39 is 0 Å². The predicted molar refractivity (Wildman–Crippen MR) is 72.8 cm³/mol. The fourth-order valence-electron chi connectivity index (χ4n) is 1.99. The molecule has 0 aliphatic carbocycles. The Morgan fingerprint density at radius 2 is 1.42 bits per heavy atom. The van der Waals surface area contributed by atoms with Crippen molar-refractivity contribution in [1.82, 2.24) is 5.32 Å². The summed E-state index contributed by atoms with van der Waals surface area (Å²) >= 11 is 0. The highest BCUT2D eigenvalue weighted by Crippen LogP contribution is 2.10. The first kappa shape index (κ1) is 13.7. The van der Waals surface area contributed by atoms with Crippen LogP contribution in [0.3, 0.4) is 0 Å². The summed E-state index contributed by atoms with van der Waals surface area (Å²) in [5.74, 6) is -0.407. The Hall–Kier alpha value is -1.74. The van der Waals surface area contributed by atoms with Crippen LogP contribution in [0, 0.1) is 11.6 Å². The van der Waals surface area contributed by atoms with Gasteiger partial charge in [0.1, 0.15) is 11.6 Å². The van der Waals surface area contributed by atoms with Crippen molar-refractivity contribution in [3.63, 3.8) is 0 Å². The SMILES string of the molecule is CC(Cc1ccccc1F)NCc1ccccc1F. The zero-order chi connectivity index (χ0) is 13.7. The summed E-state index contributed by atoms with van der Waals surface area (Å²) in [6.45, 7) is 2.41. The van der Waals surface area contributed by atoms with Crippen LogP contribution < -0.4 is 5.32 Å². The zero-order valence-electron chi connectivity index (χ0n) is 10.9. The average molecular weight is 261 g/mol. The van der Waals surface area contributed by atoms with E-state index in [2.05, 4.69) is 5.32 Å². The third kappa shape index (κ3) is 3.86. The Kier molecular flexibility index (Phi) is 4.63. The van der Waals surface area contributed by atoms with Crippen molar-refractivity contribution in [3.05, 3.63) is 71.3 Å². The van der Waals surface area contributed by atoms with E-state index in [0.717, 1.165) is 0 Å². The second-order valence-corrected chi connectivity index (χ2v) is 4.67. The van der Waals surface area contributed by atoms with Gasteiger partial charge < -0.3 is 5.32 Å². The first-order chi connectivity index (χ1) is 9.16. The molecule has 2 rings (SSSR count). The maximum atomic E-state index is 13.5. The number of nitrogens with one attached hydrogen (secondary N) is 1. The molecule has 0 saturated heterocycles. The van der Waals surface area contributed by atoms with Crippen LogP contribution in [0.25, 0.3) is 0 Å². The molecule has 1 N–H and O–H groups in total. The molecule has 0 bridgehead atoms. The Labute approximate surface area is 112 Å². The first-order valence-corrected chi connectivity index (χ1v) is 6.37. The van der Waals surface area contributed by atoms with Gasteiger partial charge in [0.15, 0.2) is 0 Å². The number of hydrogen-bond acceptors (Lipinski definition) is 1. The van der Waals surface area contributed by atoms with Crippen molar-refractivity contribution < 1.29 is 8.78 Å². The van der Waals surface area contributed by atoms with E-state index in [-0.39, 0.29) is 17.7 Å². The van der Waals surface area contributed by atoms with E-state index in [9.17, 15) is 8.78 Å². The van der Waals surface area contributed by atoms with E-state index in [1.807, 2.05) is 19.1 Å². The molecule has 0 aliphatic heterocycles. The van der Waals surface area contributed by atoms with Gasteiger partial charge in [-0.15, -0.1) is 0 Å². The molecule has 3 heteroatoms. The van der Waals surface area contributed by atoms with Gasteiger partial charge >= 0.3 is 0 Å². The molecule has 0 radical (unpaired) electrons. The van der Waals surface area contributed by atoms with Crippen molar-refractivity contribution in [2.75, 3.05) is 0 Å². The fraction of sp³-hybridized carbons (Fsp3) is 0.250. The summed E-state index contributed by atoms with van der Waals surface area (Å²) in [7, 11) is 0. The van der Waals surface area contributed by atoms with E-state index in [1.54, 1.807) is 24.3 Å². The molecule has 1 unspecified atom stereocenters. The lowest BCUT2D eigenvalue weighted by molar-refractivity contribution is 0.512. The van der Waals surface area contributed by atoms with Crippen LogP contribution >= 0.6 is 0 Å². The minimum absolute atomic E-state index is 0.0801. The van der Waals surface area contributed by atoms with Crippen LogP contribution in [-0.2, 0) is 13.0 Å². The molecule has 100 valence electrons. The van der Waals surface area contributed by atoms with Crippen LogP contribution in [0.5, 0.6) is 0 Å². The molecular formula is C16H17F2N. The van der Waals surface area contributed by atoms with Crippen molar-refractivity contribution >= 4 is 0 Å². The van der Waals surface area contributed by atoms with Gasteiger partial charge in [0.25, 0.3) is 0 Å². The smallest absolute Gasteiger partial charge is 0.127 e. The lowest BCUT2D eigenvalue weighted by Gasteiger charge is -2.14. The highest BCUT2D eigenvalue weighted by atomic mass is 19.1. The van der Waals surface area contributed by atoms with Gasteiger partial charge in [-0.25, -0.2) is 8.78 Å². The Morgan fingerprint density at radius 1 is 0.895 bits per heavy atom. The van der Waals surface area contributed by atoms with Gasteiger partial charge in [-0.2, -0.15) is 0 Å². The third-order valence-electron chi connectivity index (χ3n) is 3.08. The Balaban J connectivity index is 1.90. The topological polar surface area (TPSA) is 12.0 Å². The molecule has 0 heterocycles. The van der Waals surface area contributed by atoms with Crippen LogP contribution in [0.15, 0.2) is 48.5 Å². The van der Waals surface area contributed by atoms with Gasteiger partial charge in [0.2, 0.25) is 0 Å². The van der Waals surface area contributed by atoms with Gasteiger partial charge in [-0.05, 0) is 31.0 Å². The molecule has 0 spiro atoms. The van der Waals surface area contributed by atoms with Crippen molar-refractivity contribution in [2.45, 2.75) is 25.9 Å². The number of benzene rings is 2. The lowest BCUT2D eigenvalue weighted by atomic mass is 10.1. The van der Waals surface area contributed by atoms with Crippen molar-refractivity contribution in [2.24, 2.45) is 0 Å². The van der Waals surface area contributed by atoms with Gasteiger partial charge in [-0.3, -0.25) is 0 Å². The monoisotopic (exact) mass is 261 g/mol. The molecule has 0 amide bonds. The number of rotatable bonds is 5. The summed E-state index contributed by atoms with van der Waals surface area (Å²) in [6.07, 6.45) is 0.584. The quantitative estimate of drug-likeness (QED) is 0.865. The third-order valence-corrected chi connectivity index (χ3v) is 3.08. The normalized spacial score (nSPS) is 12.4. The van der Waals surface area contributed by atoms with Gasteiger partial charge in [0.05, 0.1) is 0 Å². The predicted octanol–water partition coefficient (Wildman–Crippen LogP) is 3.69. The summed E-state index contributed by atoms with van der Waals surface area (Å²) < 4.78 is 26.9. The highest BCUT2D eigenvalue weighted by Gasteiger charge is 2.08. The molecule has 2 aromatic carbocycles. The van der Waals surface area contributed by atoms with Crippen LogP contribution in [0.4, 0.5) is 8.78 Å². The van der Waals surface area contributed by atoms with Crippen molar-refractivity contribution in [3.8, 4) is 0 Å². The maximum absolute atomic E-state index is 13.5. The van der Waals surface area contributed by atoms with Gasteiger partial charge in [0, 0.05) is 18.2 Å². The second-order valence-electron chi connectivity index (χ2n) is 4.67. The summed E-state index contributed by atoms with van der Waals surface area (Å²) in [5.41, 5.74) is 1.30. The first-order valence-electron chi connectivity index (χ1n) is 6.37. The molecular weight excluding hydrogens is 244 g/mol. The fourth-order valence-corrected chi connectivity index (χ4v) is 1.99. The molecule has 1 atom stereocenters.